The molecule has 20 heavy (non-hydrogen) atoms. The third-order valence-electron chi connectivity index (χ3n) is 2.75. The van der Waals surface area contributed by atoms with Crippen molar-refractivity contribution in [2.45, 2.75) is 33.1 Å². The number of ether oxygens (including phenoxy) is 1. The third-order valence-corrected chi connectivity index (χ3v) is 2.75. The van der Waals surface area contributed by atoms with Gasteiger partial charge in [0.05, 0.1) is 13.0 Å². The minimum absolute atomic E-state index is 0.0607. The molecular formula is C15H21NO4. The number of aliphatic carboxylic acids is 1. The molecule has 0 aliphatic rings. The second kappa shape index (κ2) is 7.53. The van der Waals surface area contributed by atoms with Crippen LogP contribution >= 0.6 is 0 Å². The van der Waals surface area contributed by atoms with Crippen LogP contribution in [0.3, 0.4) is 0 Å². The van der Waals surface area contributed by atoms with E-state index in [4.69, 9.17) is 9.84 Å². The van der Waals surface area contributed by atoms with Crippen LogP contribution < -0.4 is 5.32 Å². The zero-order chi connectivity index (χ0) is 15.1. The minimum atomic E-state index is -0.822. The maximum absolute atomic E-state index is 11.5. The maximum atomic E-state index is 11.5. The Morgan fingerprint density at radius 1 is 1.20 bits per heavy atom. The van der Waals surface area contributed by atoms with Crippen molar-refractivity contribution >= 4 is 17.7 Å². The van der Waals surface area contributed by atoms with Crippen molar-refractivity contribution in [3.8, 4) is 0 Å². The first-order valence-corrected chi connectivity index (χ1v) is 6.64. The molecule has 1 atom stereocenters. The van der Waals surface area contributed by atoms with Gasteiger partial charge >= 0.3 is 12.1 Å². The molecule has 0 aliphatic carbocycles. The summed E-state index contributed by atoms with van der Waals surface area (Å²) in [6, 6.07) is 7.10. The first kappa shape index (κ1) is 16.0. The molecule has 0 aromatic heterocycles. The maximum Gasteiger partial charge on any atom is 0.411 e. The topological polar surface area (TPSA) is 75.6 Å². The van der Waals surface area contributed by atoms with E-state index in [0.29, 0.717) is 18.2 Å². The van der Waals surface area contributed by atoms with Crippen molar-refractivity contribution in [1.82, 2.24) is 0 Å². The van der Waals surface area contributed by atoms with Gasteiger partial charge in [-0.3, -0.25) is 10.1 Å². The second-order valence-electron chi connectivity index (χ2n) is 5.24. The van der Waals surface area contributed by atoms with Gasteiger partial charge in [-0.2, -0.15) is 0 Å². The summed E-state index contributed by atoms with van der Waals surface area (Å²) in [5, 5.41) is 11.4. The number of rotatable bonds is 6. The van der Waals surface area contributed by atoms with Crippen molar-refractivity contribution < 1.29 is 19.4 Å². The second-order valence-corrected chi connectivity index (χ2v) is 5.24. The highest BCUT2D eigenvalue weighted by Gasteiger charge is 2.10. The van der Waals surface area contributed by atoms with Crippen LogP contribution in [0.15, 0.2) is 24.3 Å². The molecule has 1 amide bonds. The van der Waals surface area contributed by atoms with Gasteiger partial charge in [-0.15, -0.1) is 0 Å². The molecule has 2 N–H and O–H groups in total. The van der Waals surface area contributed by atoms with Crippen LogP contribution in [0.5, 0.6) is 0 Å². The van der Waals surface area contributed by atoms with Crippen molar-refractivity contribution in [3.63, 3.8) is 0 Å². The quantitative estimate of drug-likeness (QED) is 0.836. The predicted molar refractivity (Wildman–Crippen MR) is 76.9 cm³/mol. The Morgan fingerprint density at radius 3 is 2.30 bits per heavy atom. The number of anilines is 1. The summed E-state index contributed by atoms with van der Waals surface area (Å²) < 4.78 is 5.01. The first-order chi connectivity index (χ1) is 9.38. The van der Waals surface area contributed by atoms with Crippen LogP contribution in [0.25, 0.3) is 0 Å². The van der Waals surface area contributed by atoms with Crippen molar-refractivity contribution in [2.24, 2.45) is 5.92 Å². The van der Waals surface area contributed by atoms with Gasteiger partial charge in [-0.05, 0) is 29.5 Å². The normalized spacial score (nSPS) is 12.0. The summed E-state index contributed by atoms with van der Waals surface area (Å²) in [5.74, 6) is -0.591. The molecule has 110 valence electrons. The number of carbonyl (C=O) groups is 2. The summed E-state index contributed by atoms with van der Waals surface area (Å²) in [5.41, 5.74) is 1.55. The van der Waals surface area contributed by atoms with Gasteiger partial charge in [0.15, 0.2) is 0 Å². The lowest BCUT2D eigenvalue weighted by Gasteiger charge is -2.11. The standard InChI is InChI=1S/C15H21NO4/c1-10(2)9-20-15(19)16-13-6-4-12(5-7-13)11(3)8-14(17)18/h4-7,10-11H,8-9H2,1-3H3,(H,16,19)(H,17,18). The largest absolute Gasteiger partial charge is 0.481 e. The van der Waals surface area contributed by atoms with Crippen molar-refractivity contribution in [3.05, 3.63) is 29.8 Å². The zero-order valence-electron chi connectivity index (χ0n) is 12.1. The fourth-order valence-corrected chi connectivity index (χ4v) is 1.67. The third kappa shape index (κ3) is 5.73. The zero-order valence-corrected chi connectivity index (χ0v) is 12.1. The molecule has 0 aliphatic heterocycles. The van der Waals surface area contributed by atoms with Gasteiger partial charge < -0.3 is 9.84 Å². The van der Waals surface area contributed by atoms with E-state index in [0.717, 1.165) is 5.56 Å². The highest BCUT2D eigenvalue weighted by Crippen LogP contribution is 2.21. The number of benzene rings is 1. The lowest BCUT2D eigenvalue weighted by atomic mass is 9.98. The Kier molecular flexibility index (Phi) is 6.03. The predicted octanol–water partition coefficient (Wildman–Crippen LogP) is 3.47. The van der Waals surface area contributed by atoms with E-state index in [1.54, 1.807) is 12.1 Å². The molecule has 0 saturated heterocycles. The molecule has 5 heteroatoms. The fraction of sp³-hybridized carbons (Fsp3) is 0.467. The SMILES string of the molecule is CC(C)COC(=O)Nc1ccc(C(C)CC(=O)O)cc1. The highest BCUT2D eigenvalue weighted by molar-refractivity contribution is 5.84. The highest BCUT2D eigenvalue weighted by atomic mass is 16.5. The van der Waals surface area contributed by atoms with E-state index in [2.05, 4.69) is 5.32 Å². The van der Waals surface area contributed by atoms with Gasteiger partial charge in [0, 0.05) is 5.69 Å². The Balaban J connectivity index is 2.54. The van der Waals surface area contributed by atoms with E-state index in [1.165, 1.54) is 0 Å². The molecular weight excluding hydrogens is 258 g/mol. The number of hydrogen-bond donors (Lipinski definition) is 2. The number of carboxylic acids is 1. The Hall–Kier alpha value is -2.04. The summed E-state index contributed by atoms with van der Waals surface area (Å²) >= 11 is 0. The Labute approximate surface area is 118 Å². The molecule has 5 nitrogen and oxygen atoms in total. The van der Waals surface area contributed by atoms with Crippen LogP contribution in [0.2, 0.25) is 0 Å². The summed E-state index contributed by atoms with van der Waals surface area (Å²) in [4.78, 5) is 22.1. The Bertz CT molecular complexity index is 453. The van der Waals surface area contributed by atoms with Crippen LogP contribution in [0.4, 0.5) is 10.5 Å². The van der Waals surface area contributed by atoms with Gasteiger partial charge in [-0.1, -0.05) is 32.9 Å². The molecule has 0 spiro atoms. The van der Waals surface area contributed by atoms with E-state index in [-0.39, 0.29) is 12.3 Å². The Morgan fingerprint density at radius 2 is 1.80 bits per heavy atom. The van der Waals surface area contributed by atoms with Gasteiger partial charge in [-0.25, -0.2) is 4.79 Å². The van der Waals surface area contributed by atoms with Crippen LogP contribution in [-0.2, 0) is 9.53 Å². The summed E-state index contributed by atoms with van der Waals surface area (Å²) in [6.07, 6.45) is -0.395. The van der Waals surface area contributed by atoms with Gasteiger partial charge in [0.1, 0.15) is 0 Å². The monoisotopic (exact) mass is 279 g/mol. The van der Waals surface area contributed by atoms with Crippen molar-refractivity contribution in [2.75, 3.05) is 11.9 Å². The molecule has 0 fully saturated rings. The number of carbonyl (C=O) groups excluding carboxylic acids is 1. The smallest absolute Gasteiger partial charge is 0.411 e. The van der Waals surface area contributed by atoms with Crippen LogP contribution in [0, 0.1) is 5.92 Å². The molecule has 0 bridgehead atoms. The lowest BCUT2D eigenvalue weighted by Crippen LogP contribution is -2.16. The molecule has 1 rings (SSSR count). The lowest BCUT2D eigenvalue weighted by molar-refractivity contribution is -0.137. The molecule has 0 radical (unpaired) electrons. The molecule has 1 aromatic carbocycles. The molecule has 1 aromatic rings. The fourth-order valence-electron chi connectivity index (χ4n) is 1.67. The molecule has 0 saturated carbocycles. The molecule has 1 unspecified atom stereocenters. The van der Waals surface area contributed by atoms with E-state index >= 15 is 0 Å². The average molecular weight is 279 g/mol. The summed E-state index contributed by atoms with van der Waals surface area (Å²) in [7, 11) is 0. The summed E-state index contributed by atoms with van der Waals surface area (Å²) in [6.45, 7) is 6.16. The van der Waals surface area contributed by atoms with E-state index < -0.39 is 12.1 Å². The van der Waals surface area contributed by atoms with Crippen LogP contribution in [-0.4, -0.2) is 23.8 Å². The van der Waals surface area contributed by atoms with Gasteiger partial charge in [0.2, 0.25) is 0 Å². The minimum Gasteiger partial charge on any atom is -0.481 e. The van der Waals surface area contributed by atoms with E-state index in [1.807, 2.05) is 32.9 Å². The number of amides is 1. The van der Waals surface area contributed by atoms with Gasteiger partial charge in [0.25, 0.3) is 0 Å². The van der Waals surface area contributed by atoms with Crippen molar-refractivity contribution in [1.29, 1.82) is 0 Å². The molecule has 0 heterocycles. The number of carboxylic acid groups (broad SMARTS) is 1. The van der Waals surface area contributed by atoms with E-state index in [9.17, 15) is 9.59 Å². The number of nitrogens with one attached hydrogen (secondary N) is 1. The average Bonchev–Trinajstić information content (AvgIpc) is 2.36. The number of hydrogen-bond acceptors (Lipinski definition) is 3. The first-order valence-electron chi connectivity index (χ1n) is 6.64. The van der Waals surface area contributed by atoms with Crippen LogP contribution in [0.1, 0.15) is 38.7 Å².